The Balaban J connectivity index is 2.64. The average Bonchev–Trinajstić information content (AvgIpc) is 2.20. The molecule has 16 heavy (non-hydrogen) atoms. The monoisotopic (exact) mass is 239 g/mol. The van der Waals surface area contributed by atoms with E-state index in [4.69, 9.17) is 11.6 Å². The summed E-state index contributed by atoms with van der Waals surface area (Å²) in [6.07, 6.45) is -0.0546. The van der Waals surface area contributed by atoms with Gasteiger partial charge in [-0.15, -0.1) is 0 Å². The van der Waals surface area contributed by atoms with E-state index in [1.54, 1.807) is 13.1 Å². The van der Waals surface area contributed by atoms with Crippen LogP contribution in [0.2, 0.25) is 5.02 Å². The number of carbonyl (C=O) groups excluding carboxylic acids is 2. The molecule has 0 bridgehead atoms. The number of nitrogens with zero attached hydrogens (tertiary/aromatic N) is 1. The zero-order valence-corrected chi connectivity index (χ0v) is 10.1. The first kappa shape index (κ1) is 12.7. The molecule has 1 amide bonds. The largest absolute Gasteiger partial charge is 0.341 e. The Morgan fingerprint density at radius 3 is 2.50 bits per heavy atom. The Kier molecular flexibility index (Phi) is 4.50. The van der Waals surface area contributed by atoms with E-state index in [-0.39, 0.29) is 18.1 Å². The molecule has 0 atom stereocenters. The lowest BCUT2D eigenvalue weighted by Gasteiger charge is -2.17. The van der Waals surface area contributed by atoms with E-state index < -0.39 is 0 Å². The molecule has 1 aromatic carbocycles. The van der Waals surface area contributed by atoms with Crippen molar-refractivity contribution in [3.63, 3.8) is 0 Å². The predicted octanol–water partition coefficient (Wildman–Crippen LogP) is 2.28. The minimum Gasteiger partial charge on any atom is -0.341 e. The first-order chi connectivity index (χ1) is 7.50. The van der Waals surface area contributed by atoms with Crippen LogP contribution in [-0.4, -0.2) is 23.6 Å². The third kappa shape index (κ3) is 3.66. The first-order valence-electron chi connectivity index (χ1n) is 4.97. The molecule has 0 aromatic heterocycles. The van der Waals surface area contributed by atoms with Gasteiger partial charge in [0.2, 0.25) is 5.91 Å². The number of hydrogen-bond donors (Lipinski definition) is 0. The Bertz CT molecular complexity index is 404. The topological polar surface area (TPSA) is 37.4 Å². The molecule has 3 nitrogen and oxygen atoms in total. The number of benzene rings is 1. The van der Waals surface area contributed by atoms with Crippen LogP contribution < -0.4 is 0 Å². The van der Waals surface area contributed by atoms with Gasteiger partial charge < -0.3 is 4.90 Å². The van der Waals surface area contributed by atoms with Gasteiger partial charge in [-0.25, -0.2) is 0 Å². The number of halogens is 1. The molecule has 0 unspecified atom stereocenters. The summed E-state index contributed by atoms with van der Waals surface area (Å²) < 4.78 is 0. The molecule has 0 aliphatic heterocycles. The van der Waals surface area contributed by atoms with E-state index in [1.165, 1.54) is 11.8 Å². The summed E-state index contributed by atoms with van der Waals surface area (Å²) in [4.78, 5) is 23.8. The molecule has 86 valence electrons. The van der Waals surface area contributed by atoms with E-state index in [0.717, 1.165) is 5.56 Å². The van der Waals surface area contributed by atoms with Crippen molar-refractivity contribution in [2.45, 2.75) is 19.9 Å². The average molecular weight is 240 g/mol. The lowest BCUT2D eigenvalue weighted by atomic mass is 10.2. The van der Waals surface area contributed by atoms with Crippen molar-refractivity contribution in [3.8, 4) is 0 Å². The van der Waals surface area contributed by atoms with Gasteiger partial charge >= 0.3 is 0 Å². The van der Waals surface area contributed by atoms with Gasteiger partial charge in [0.25, 0.3) is 0 Å². The summed E-state index contributed by atoms with van der Waals surface area (Å²) in [5.41, 5.74) is 0.878. The van der Waals surface area contributed by atoms with Gasteiger partial charge in [-0.2, -0.15) is 0 Å². The molecule has 0 aliphatic rings. The molecular formula is C12H14ClNO2. The summed E-state index contributed by atoms with van der Waals surface area (Å²) in [6, 6.07) is 7.34. The van der Waals surface area contributed by atoms with Crippen LogP contribution in [0, 0.1) is 0 Å². The second kappa shape index (κ2) is 5.66. The molecule has 0 fully saturated rings. The highest BCUT2D eigenvalue weighted by Gasteiger charge is 2.12. The fourth-order valence-corrected chi connectivity index (χ4v) is 1.51. The fourth-order valence-electron chi connectivity index (χ4n) is 1.32. The summed E-state index contributed by atoms with van der Waals surface area (Å²) in [6.45, 7) is 1.83. The van der Waals surface area contributed by atoms with Crippen LogP contribution in [0.25, 0.3) is 0 Å². The van der Waals surface area contributed by atoms with Gasteiger partial charge in [0.15, 0.2) is 0 Å². The van der Waals surface area contributed by atoms with Crippen LogP contribution in [0.4, 0.5) is 0 Å². The summed E-state index contributed by atoms with van der Waals surface area (Å²) in [7, 11) is 1.66. The normalized spacial score (nSPS) is 9.94. The standard InChI is InChI=1S/C12H14ClNO2/c1-9(15)7-12(16)14(2)8-10-5-3-4-6-11(10)13/h3-6H,7-8H2,1-2H3. The highest BCUT2D eigenvalue weighted by atomic mass is 35.5. The third-order valence-corrected chi connectivity index (χ3v) is 2.56. The molecule has 0 spiro atoms. The van der Waals surface area contributed by atoms with E-state index in [1.807, 2.05) is 18.2 Å². The Morgan fingerprint density at radius 1 is 1.31 bits per heavy atom. The molecule has 0 aliphatic carbocycles. The zero-order valence-electron chi connectivity index (χ0n) is 9.37. The molecule has 4 heteroatoms. The van der Waals surface area contributed by atoms with Crippen LogP contribution in [0.3, 0.4) is 0 Å². The van der Waals surface area contributed by atoms with Gasteiger partial charge in [-0.1, -0.05) is 29.8 Å². The second-order valence-electron chi connectivity index (χ2n) is 3.72. The molecule has 0 N–H and O–H groups in total. The van der Waals surface area contributed by atoms with Crippen LogP contribution in [0.5, 0.6) is 0 Å². The summed E-state index contributed by atoms with van der Waals surface area (Å²) in [5, 5.41) is 0.630. The van der Waals surface area contributed by atoms with Gasteiger partial charge in [-0.05, 0) is 18.6 Å². The molecular weight excluding hydrogens is 226 g/mol. The maximum absolute atomic E-state index is 11.5. The second-order valence-corrected chi connectivity index (χ2v) is 4.13. The van der Waals surface area contributed by atoms with Crippen molar-refractivity contribution in [1.29, 1.82) is 0 Å². The van der Waals surface area contributed by atoms with Crippen molar-refractivity contribution < 1.29 is 9.59 Å². The Hall–Kier alpha value is -1.35. The van der Waals surface area contributed by atoms with Crippen molar-refractivity contribution in [2.24, 2.45) is 0 Å². The molecule has 0 saturated heterocycles. The third-order valence-electron chi connectivity index (χ3n) is 2.19. The van der Waals surface area contributed by atoms with Crippen molar-refractivity contribution in [3.05, 3.63) is 34.9 Å². The Morgan fingerprint density at radius 2 is 1.94 bits per heavy atom. The molecule has 1 aromatic rings. The van der Waals surface area contributed by atoms with Crippen molar-refractivity contribution in [1.82, 2.24) is 4.90 Å². The molecule has 1 rings (SSSR count). The minimum absolute atomic E-state index is 0.0546. The number of amides is 1. The maximum Gasteiger partial charge on any atom is 0.230 e. The number of hydrogen-bond acceptors (Lipinski definition) is 2. The van der Waals surface area contributed by atoms with Gasteiger partial charge in [0, 0.05) is 18.6 Å². The van der Waals surface area contributed by atoms with E-state index >= 15 is 0 Å². The zero-order chi connectivity index (χ0) is 12.1. The highest BCUT2D eigenvalue weighted by Crippen LogP contribution is 2.16. The maximum atomic E-state index is 11.5. The number of rotatable bonds is 4. The number of Topliss-reactive ketones (excluding diaryl/α,β-unsaturated/α-hetero) is 1. The van der Waals surface area contributed by atoms with Gasteiger partial charge in [-0.3, -0.25) is 9.59 Å². The van der Waals surface area contributed by atoms with Crippen LogP contribution in [0.15, 0.2) is 24.3 Å². The molecule has 0 radical (unpaired) electrons. The van der Waals surface area contributed by atoms with Crippen molar-refractivity contribution >= 4 is 23.3 Å². The molecule has 0 heterocycles. The number of carbonyl (C=O) groups is 2. The smallest absolute Gasteiger partial charge is 0.230 e. The fraction of sp³-hybridized carbons (Fsp3) is 0.333. The lowest BCUT2D eigenvalue weighted by molar-refractivity contribution is -0.134. The van der Waals surface area contributed by atoms with Crippen LogP contribution in [-0.2, 0) is 16.1 Å². The summed E-state index contributed by atoms with van der Waals surface area (Å²) >= 11 is 5.97. The van der Waals surface area contributed by atoms with Gasteiger partial charge in [0.1, 0.15) is 5.78 Å². The lowest BCUT2D eigenvalue weighted by Crippen LogP contribution is -2.27. The number of ketones is 1. The van der Waals surface area contributed by atoms with E-state index in [0.29, 0.717) is 11.6 Å². The van der Waals surface area contributed by atoms with E-state index in [9.17, 15) is 9.59 Å². The minimum atomic E-state index is -0.188. The van der Waals surface area contributed by atoms with Crippen molar-refractivity contribution in [2.75, 3.05) is 7.05 Å². The molecule has 0 saturated carbocycles. The first-order valence-corrected chi connectivity index (χ1v) is 5.35. The quantitative estimate of drug-likeness (QED) is 0.756. The highest BCUT2D eigenvalue weighted by molar-refractivity contribution is 6.31. The Labute approximate surface area is 100 Å². The van der Waals surface area contributed by atoms with E-state index in [2.05, 4.69) is 0 Å². The van der Waals surface area contributed by atoms with Crippen LogP contribution >= 0.6 is 11.6 Å². The van der Waals surface area contributed by atoms with Gasteiger partial charge in [0.05, 0.1) is 6.42 Å². The predicted molar refractivity (Wildman–Crippen MR) is 63.2 cm³/mol. The van der Waals surface area contributed by atoms with Crippen LogP contribution in [0.1, 0.15) is 18.9 Å². The summed E-state index contributed by atoms with van der Waals surface area (Å²) in [5.74, 6) is -0.316. The SMILES string of the molecule is CC(=O)CC(=O)N(C)Cc1ccccc1Cl.